The predicted octanol–water partition coefficient (Wildman–Crippen LogP) is 14.5. The first-order valence-corrected chi connectivity index (χ1v) is 21.0. The van der Waals surface area contributed by atoms with Crippen molar-refractivity contribution >= 4 is 44.0 Å². The topological polar surface area (TPSA) is 77.6 Å². The highest BCUT2D eigenvalue weighted by atomic mass is 16.3. The van der Waals surface area contributed by atoms with Crippen LogP contribution in [0.3, 0.4) is 0 Å². The molecule has 3 aromatic heterocycles. The smallest absolute Gasteiger partial charge is 0.164 e. The molecule has 9 aromatic carbocycles. The lowest BCUT2D eigenvalue weighted by Gasteiger charge is -2.11. The number of benzene rings is 9. The van der Waals surface area contributed by atoms with E-state index < -0.39 is 0 Å². The molecule has 0 aliphatic rings. The zero-order valence-electron chi connectivity index (χ0n) is 33.9. The first kappa shape index (κ1) is 36.3. The lowest BCUT2D eigenvalue weighted by molar-refractivity contribution is 0.669. The van der Waals surface area contributed by atoms with Crippen molar-refractivity contribution in [1.29, 1.82) is 0 Å². The van der Waals surface area contributed by atoms with Crippen molar-refractivity contribution in [2.75, 3.05) is 0 Å². The van der Waals surface area contributed by atoms with Gasteiger partial charge in [-0.25, -0.2) is 24.9 Å². The SMILES string of the molecule is c1ccc(-c2ccc(-c3nc(-c4ccccc4)nc(-c4cccc(-c5cccc(-c6ccc(-c7cccc8nc9cc%10oc%11ccccc%11c%10cc9nc78)cc6)c5)c4)n3)cc2)cc1. The van der Waals surface area contributed by atoms with Gasteiger partial charge in [0, 0.05) is 39.1 Å². The Morgan fingerprint density at radius 3 is 1.44 bits per heavy atom. The molecule has 0 saturated carbocycles. The fraction of sp³-hybridized carbons (Fsp3) is 0. The molecule has 294 valence electrons. The van der Waals surface area contributed by atoms with Crippen LogP contribution in [-0.4, -0.2) is 24.9 Å². The van der Waals surface area contributed by atoms with Gasteiger partial charge in [0.15, 0.2) is 17.5 Å². The van der Waals surface area contributed by atoms with Gasteiger partial charge in [0.25, 0.3) is 0 Å². The van der Waals surface area contributed by atoms with E-state index >= 15 is 0 Å². The molecule has 0 N–H and O–H groups in total. The van der Waals surface area contributed by atoms with Crippen LogP contribution in [0.15, 0.2) is 217 Å². The number of para-hydroxylation sites is 2. The van der Waals surface area contributed by atoms with Crippen molar-refractivity contribution in [2.24, 2.45) is 0 Å². The van der Waals surface area contributed by atoms with E-state index in [1.807, 2.05) is 72.8 Å². The third kappa shape index (κ3) is 6.76. The Morgan fingerprint density at radius 1 is 0.254 bits per heavy atom. The molecule has 6 nitrogen and oxygen atoms in total. The van der Waals surface area contributed by atoms with Gasteiger partial charge >= 0.3 is 0 Å². The fourth-order valence-electron chi connectivity index (χ4n) is 8.50. The van der Waals surface area contributed by atoms with E-state index in [1.165, 1.54) is 5.56 Å². The molecule has 12 aromatic rings. The fourth-order valence-corrected chi connectivity index (χ4v) is 8.50. The summed E-state index contributed by atoms with van der Waals surface area (Å²) in [5.41, 5.74) is 16.7. The van der Waals surface area contributed by atoms with Crippen molar-refractivity contribution in [3.8, 4) is 78.7 Å². The van der Waals surface area contributed by atoms with Crippen LogP contribution in [0.2, 0.25) is 0 Å². The molecular formula is C57H35N5O. The maximum absolute atomic E-state index is 6.14. The minimum atomic E-state index is 0.619. The van der Waals surface area contributed by atoms with Gasteiger partial charge in [-0.1, -0.05) is 176 Å². The lowest BCUT2D eigenvalue weighted by atomic mass is 9.96. The van der Waals surface area contributed by atoms with Gasteiger partial charge in [-0.05, 0) is 69.3 Å². The predicted molar refractivity (Wildman–Crippen MR) is 256 cm³/mol. The van der Waals surface area contributed by atoms with Gasteiger partial charge in [-0.15, -0.1) is 0 Å². The minimum Gasteiger partial charge on any atom is -0.456 e. The van der Waals surface area contributed by atoms with E-state index in [4.69, 9.17) is 29.3 Å². The summed E-state index contributed by atoms with van der Waals surface area (Å²) in [7, 11) is 0. The Balaban J connectivity index is 0.862. The van der Waals surface area contributed by atoms with Gasteiger partial charge in [0.05, 0.1) is 22.1 Å². The highest BCUT2D eigenvalue weighted by Crippen LogP contribution is 2.36. The third-order valence-electron chi connectivity index (χ3n) is 11.7. The van der Waals surface area contributed by atoms with Crippen LogP contribution in [0.25, 0.3) is 123 Å². The summed E-state index contributed by atoms with van der Waals surface area (Å²) in [6, 6.07) is 73.1. The van der Waals surface area contributed by atoms with E-state index in [-0.39, 0.29) is 0 Å². The molecule has 12 rings (SSSR count). The van der Waals surface area contributed by atoms with E-state index in [0.717, 1.165) is 99.6 Å². The second kappa shape index (κ2) is 15.1. The van der Waals surface area contributed by atoms with Crippen LogP contribution in [0.1, 0.15) is 0 Å². The average Bonchev–Trinajstić information content (AvgIpc) is 3.72. The van der Waals surface area contributed by atoms with Crippen LogP contribution < -0.4 is 0 Å². The maximum Gasteiger partial charge on any atom is 0.164 e. The average molecular weight is 806 g/mol. The highest BCUT2D eigenvalue weighted by molar-refractivity contribution is 6.10. The molecule has 0 radical (unpaired) electrons. The lowest BCUT2D eigenvalue weighted by Crippen LogP contribution is -2.00. The molecule has 0 saturated heterocycles. The standard InChI is InChI=1S/C57H35N5O/c1-3-12-36(13-4-1)37-26-30-41(31-27-37)56-60-55(40-14-5-2-6-15-40)61-57(62-56)45-19-10-18-44(33-45)43-17-9-16-42(32-43)38-24-28-39(29-25-38)46-21-11-22-49-54(46)59-50-34-48-47-20-7-8-23-52(47)63-53(48)35-51(50)58-49/h1-35H. The van der Waals surface area contributed by atoms with E-state index in [0.29, 0.717) is 17.5 Å². The highest BCUT2D eigenvalue weighted by Gasteiger charge is 2.16. The first-order valence-electron chi connectivity index (χ1n) is 21.0. The van der Waals surface area contributed by atoms with Crippen molar-refractivity contribution in [1.82, 2.24) is 24.9 Å². The first-order chi connectivity index (χ1) is 31.2. The summed E-state index contributed by atoms with van der Waals surface area (Å²) in [6.45, 7) is 0. The van der Waals surface area contributed by atoms with Gasteiger partial charge in [0.2, 0.25) is 0 Å². The van der Waals surface area contributed by atoms with Crippen molar-refractivity contribution in [3.63, 3.8) is 0 Å². The molecular weight excluding hydrogens is 771 g/mol. The summed E-state index contributed by atoms with van der Waals surface area (Å²) in [5, 5.41) is 2.12. The van der Waals surface area contributed by atoms with E-state index in [2.05, 4.69) is 140 Å². The molecule has 63 heavy (non-hydrogen) atoms. The number of fused-ring (bicyclic) bond motifs is 5. The molecule has 0 aliphatic heterocycles. The number of rotatable bonds is 7. The number of hydrogen-bond acceptors (Lipinski definition) is 6. The molecule has 0 fully saturated rings. The van der Waals surface area contributed by atoms with Gasteiger partial charge in [-0.2, -0.15) is 0 Å². The van der Waals surface area contributed by atoms with Crippen molar-refractivity contribution < 1.29 is 4.42 Å². The summed E-state index contributed by atoms with van der Waals surface area (Å²) in [6.07, 6.45) is 0. The molecule has 0 amide bonds. The molecule has 0 aliphatic carbocycles. The Hall–Kier alpha value is -8.61. The molecule has 0 spiro atoms. The number of aromatic nitrogens is 5. The summed E-state index contributed by atoms with van der Waals surface area (Å²) >= 11 is 0. The van der Waals surface area contributed by atoms with Gasteiger partial charge in [-0.3, -0.25) is 0 Å². The quantitative estimate of drug-likeness (QED) is 0.149. The molecule has 3 heterocycles. The van der Waals surface area contributed by atoms with E-state index in [1.54, 1.807) is 0 Å². The summed E-state index contributed by atoms with van der Waals surface area (Å²) in [5.74, 6) is 1.88. The zero-order chi connectivity index (χ0) is 41.7. The molecule has 0 bridgehead atoms. The largest absolute Gasteiger partial charge is 0.456 e. The molecule has 0 atom stereocenters. The van der Waals surface area contributed by atoms with Crippen molar-refractivity contribution in [2.45, 2.75) is 0 Å². The normalized spacial score (nSPS) is 11.5. The van der Waals surface area contributed by atoms with Crippen molar-refractivity contribution in [3.05, 3.63) is 212 Å². The van der Waals surface area contributed by atoms with Crippen LogP contribution in [0.5, 0.6) is 0 Å². The van der Waals surface area contributed by atoms with E-state index in [9.17, 15) is 0 Å². The minimum absolute atomic E-state index is 0.619. The van der Waals surface area contributed by atoms with Gasteiger partial charge in [0.1, 0.15) is 11.2 Å². The number of nitrogens with zero attached hydrogens (tertiary/aromatic N) is 5. The summed E-state index contributed by atoms with van der Waals surface area (Å²) in [4.78, 5) is 25.2. The van der Waals surface area contributed by atoms with Crippen LogP contribution in [0, 0.1) is 0 Å². The second-order valence-electron chi connectivity index (χ2n) is 15.7. The van der Waals surface area contributed by atoms with Crippen LogP contribution in [-0.2, 0) is 0 Å². The van der Waals surface area contributed by atoms with Crippen LogP contribution >= 0.6 is 0 Å². The second-order valence-corrected chi connectivity index (χ2v) is 15.7. The van der Waals surface area contributed by atoms with Gasteiger partial charge < -0.3 is 4.42 Å². The Bertz CT molecular complexity index is 3660. The summed E-state index contributed by atoms with van der Waals surface area (Å²) < 4.78 is 6.14. The zero-order valence-corrected chi connectivity index (χ0v) is 33.9. The Labute approximate surface area is 362 Å². The maximum atomic E-state index is 6.14. The number of hydrogen-bond donors (Lipinski definition) is 0. The Kier molecular flexibility index (Phi) is 8.71. The molecule has 6 heteroatoms. The number of furan rings is 1. The molecule has 0 unspecified atom stereocenters. The Morgan fingerprint density at radius 2 is 0.730 bits per heavy atom. The van der Waals surface area contributed by atoms with Crippen LogP contribution in [0.4, 0.5) is 0 Å². The third-order valence-corrected chi connectivity index (χ3v) is 11.7. The monoisotopic (exact) mass is 805 g/mol.